The van der Waals surface area contributed by atoms with Gasteiger partial charge in [-0.25, -0.2) is 4.79 Å². The van der Waals surface area contributed by atoms with Gasteiger partial charge >= 0.3 is 5.97 Å². The number of nitrogens with one attached hydrogen (secondary N) is 1. The number of nitrogens with zero attached hydrogens (tertiary/aromatic N) is 1. The van der Waals surface area contributed by atoms with E-state index in [1.807, 2.05) is 79.9 Å². The molecule has 0 saturated heterocycles. The first kappa shape index (κ1) is 28.2. The van der Waals surface area contributed by atoms with Crippen LogP contribution < -0.4 is 5.32 Å². The summed E-state index contributed by atoms with van der Waals surface area (Å²) < 4.78 is 5.64. The molecule has 0 spiro atoms. The minimum Gasteiger partial charge on any atom is -0.480 e. The third kappa shape index (κ3) is 7.85. The summed E-state index contributed by atoms with van der Waals surface area (Å²) in [7, 11) is 0. The number of rotatable bonds is 13. The SMILES string of the molecule is CSCCC(NC(=O)c1ccc(CN(Cc2ccccc2)Cc2ccco2)cc1-c1ccccc1C)C(=O)O. The summed E-state index contributed by atoms with van der Waals surface area (Å²) in [6.07, 6.45) is 3.97. The molecule has 4 rings (SSSR count). The maximum Gasteiger partial charge on any atom is 0.326 e. The van der Waals surface area contributed by atoms with Crippen molar-refractivity contribution in [2.45, 2.75) is 39.0 Å². The van der Waals surface area contributed by atoms with E-state index in [2.05, 4.69) is 28.4 Å². The number of aryl methyl sites for hydroxylation is 1. The zero-order chi connectivity index (χ0) is 27.6. The van der Waals surface area contributed by atoms with Crippen LogP contribution in [0.2, 0.25) is 0 Å². The first-order chi connectivity index (χ1) is 18.9. The van der Waals surface area contributed by atoms with E-state index in [0.29, 0.717) is 30.8 Å². The number of hydrogen-bond acceptors (Lipinski definition) is 5. The number of carboxylic acids is 1. The van der Waals surface area contributed by atoms with E-state index in [-0.39, 0.29) is 5.91 Å². The predicted molar refractivity (Wildman–Crippen MR) is 157 cm³/mol. The predicted octanol–water partition coefficient (Wildman–Crippen LogP) is 6.39. The molecule has 0 bridgehead atoms. The summed E-state index contributed by atoms with van der Waals surface area (Å²) in [6, 6.07) is 27.0. The molecular weight excluding hydrogens is 508 g/mol. The van der Waals surface area contributed by atoms with Gasteiger partial charge in [-0.15, -0.1) is 0 Å². The average Bonchev–Trinajstić information content (AvgIpc) is 3.44. The number of furan rings is 1. The number of carbonyl (C=O) groups is 2. The van der Waals surface area contributed by atoms with Crippen molar-refractivity contribution >= 4 is 23.6 Å². The lowest BCUT2D eigenvalue weighted by molar-refractivity contribution is -0.139. The summed E-state index contributed by atoms with van der Waals surface area (Å²) >= 11 is 1.56. The molecule has 4 aromatic rings. The van der Waals surface area contributed by atoms with Crippen LogP contribution in [0, 0.1) is 6.92 Å². The second kappa shape index (κ2) is 13.8. The molecule has 0 fully saturated rings. The highest BCUT2D eigenvalue weighted by Gasteiger charge is 2.23. The number of carboxylic acid groups (broad SMARTS) is 1. The summed E-state index contributed by atoms with van der Waals surface area (Å²) in [6.45, 7) is 4.03. The minimum atomic E-state index is -1.03. The van der Waals surface area contributed by atoms with Gasteiger partial charge in [0, 0.05) is 18.7 Å². The molecule has 1 atom stereocenters. The van der Waals surface area contributed by atoms with E-state index in [0.717, 1.165) is 34.6 Å². The highest BCUT2D eigenvalue weighted by Crippen LogP contribution is 2.29. The first-order valence-corrected chi connectivity index (χ1v) is 14.3. The fourth-order valence-corrected chi connectivity index (χ4v) is 5.08. The van der Waals surface area contributed by atoms with Gasteiger partial charge in [0.2, 0.25) is 0 Å². The Bertz CT molecular complexity index is 1370. The lowest BCUT2D eigenvalue weighted by Crippen LogP contribution is -2.41. The van der Waals surface area contributed by atoms with Crippen molar-refractivity contribution in [1.82, 2.24) is 10.2 Å². The van der Waals surface area contributed by atoms with Gasteiger partial charge < -0.3 is 14.8 Å². The van der Waals surface area contributed by atoms with Crippen molar-refractivity contribution in [2.24, 2.45) is 0 Å². The van der Waals surface area contributed by atoms with E-state index < -0.39 is 12.0 Å². The van der Waals surface area contributed by atoms with E-state index in [1.165, 1.54) is 5.56 Å². The highest BCUT2D eigenvalue weighted by molar-refractivity contribution is 7.98. The van der Waals surface area contributed by atoms with E-state index >= 15 is 0 Å². The zero-order valence-corrected chi connectivity index (χ0v) is 23.1. The molecule has 1 heterocycles. The third-order valence-corrected chi connectivity index (χ3v) is 7.24. The van der Waals surface area contributed by atoms with E-state index in [1.54, 1.807) is 18.0 Å². The number of carbonyl (C=O) groups excluding carboxylic acids is 1. The Morgan fingerprint density at radius 1 is 0.897 bits per heavy atom. The molecule has 0 saturated carbocycles. The quantitative estimate of drug-likeness (QED) is 0.204. The van der Waals surface area contributed by atoms with Crippen LogP contribution in [-0.2, 0) is 24.4 Å². The summed E-state index contributed by atoms with van der Waals surface area (Å²) in [5, 5.41) is 12.4. The van der Waals surface area contributed by atoms with Crippen molar-refractivity contribution in [1.29, 1.82) is 0 Å². The van der Waals surface area contributed by atoms with Gasteiger partial charge in [0.25, 0.3) is 5.91 Å². The van der Waals surface area contributed by atoms with E-state index in [4.69, 9.17) is 4.42 Å². The lowest BCUT2D eigenvalue weighted by atomic mass is 9.93. The standard InChI is InChI=1S/C32H34N2O4S/c1-23-9-6-7-13-27(23)29-19-25(14-15-28(29)31(35)33-30(32(36)37)16-18-39-2)21-34(22-26-12-8-17-38-26)20-24-10-4-3-5-11-24/h3-15,17,19,30H,16,18,20-22H2,1-2H3,(H,33,35)(H,36,37). The minimum absolute atomic E-state index is 0.362. The van der Waals surface area contributed by atoms with Crippen LogP contribution in [0.15, 0.2) is 95.6 Å². The van der Waals surface area contributed by atoms with Crippen molar-refractivity contribution < 1.29 is 19.1 Å². The van der Waals surface area contributed by atoms with Crippen LogP contribution in [0.4, 0.5) is 0 Å². The highest BCUT2D eigenvalue weighted by atomic mass is 32.2. The topological polar surface area (TPSA) is 82.8 Å². The lowest BCUT2D eigenvalue weighted by Gasteiger charge is -2.23. The second-order valence-corrected chi connectivity index (χ2v) is 10.5. The van der Waals surface area contributed by atoms with Gasteiger partial charge in [0.1, 0.15) is 11.8 Å². The van der Waals surface area contributed by atoms with E-state index in [9.17, 15) is 14.7 Å². The molecule has 0 aliphatic rings. The maximum atomic E-state index is 13.4. The van der Waals surface area contributed by atoms with Gasteiger partial charge in [0.05, 0.1) is 12.8 Å². The molecule has 0 radical (unpaired) electrons. The Balaban J connectivity index is 1.66. The molecule has 7 heteroatoms. The Morgan fingerprint density at radius 2 is 1.64 bits per heavy atom. The van der Waals surface area contributed by atoms with Gasteiger partial charge in [-0.1, -0.05) is 60.7 Å². The third-order valence-electron chi connectivity index (χ3n) is 6.59. The molecule has 6 nitrogen and oxygen atoms in total. The largest absolute Gasteiger partial charge is 0.480 e. The maximum absolute atomic E-state index is 13.4. The number of aliphatic carboxylic acids is 1. The molecule has 2 N–H and O–H groups in total. The molecule has 1 amide bonds. The molecule has 1 aromatic heterocycles. The van der Waals surface area contributed by atoms with Gasteiger partial charge in [0.15, 0.2) is 0 Å². The fraction of sp³-hybridized carbons (Fsp3) is 0.250. The van der Waals surface area contributed by atoms with Gasteiger partial charge in [-0.05, 0) is 77.4 Å². The van der Waals surface area contributed by atoms with Crippen LogP contribution in [-0.4, -0.2) is 39.9 Å². The zero-order valence-electron chi connectivity index (χ0n) is 22.3. The summed E-state index contributed by atoms with van der Waals surface area (Å²) in [4.78, 5) is 27.5. The monoisotopic (exact) mass is 542 g/mol. The van der Waals surface area contributed by atoms with Crippen LogP contribution >= 0.6 is 11.8 Å². The van der Waals surface area contributed by atoms with Crippen LogP contribution in [0.5, 0.6) is 0 Å². The van der Waals surface area contributed by atoms with Crippen molar-refractivity contribution in [3.8, 4) is 11.1 Å². The van der Waals surface area contributed by atoms with Gasteiger partial charge in [-0.2, -0.15) is 11.8 Å². The second-order valence-electron chi connectivity index (χ2n) is 9.55. The van der Waals surface area contributed by atoms with Crippen LogP contribution in [0.1, 0.15) is 39.2 Å². The molecular formula is C32H34N2O4S. The Hall–Kier alpha value is -3.81. The molecule has 1 unspecified atom stereocenters. The normalized spacial score (nSPS) is 11.9. The first-order valence-electron chi connectivity index (χ1n) is 12.9. The number of thioether (sulfide) groups is 1. The van der Waals surface area contributed by atoms with Crippen LogP contribution in [0.25, 0.3) is 11.1 Å². The number of hydrogen-bond donors (Lipinski definition) is 2. The fourth-order valence-electron chi connectivity index (χ4n) is 4.61. The van der Waals surface area contributed by atoms with Crippen molar-refractivity contribution in [2.75, 3.05) is 12.0 Å². The Kier molecular flexibility index (Phi) is 10.00. The Morgan fingerprint density at radius 3 is 2.33 bits per heavy atom. The smallest absolute Gasteiger partial charge is 0.326 e. The average molecular weight is 543 g/mol. The Labute approximate surface area is 234 Å². The molecule has 0 aliphatic carbocycles. The molecule has 3 aromatic carbocycles. The molecule has 0 aliphatic heterocycles. The summed E-state index contributed by atoms with van der Waals surface area (Å²) in [5.74, 6) is 0.116. The summed E-state index contributed by atoms with van der Waals surface area (Å²) in [5.41, 5.74) is 5.48. The van der Waals surface area contributed by atoms with Gasteiger partial charge in [-0.3, -0.25) is 9.69 Å². The van der Waals surface area contributed by atoms with Crippen molar-refractivity contribution in [3.63, 3.8) is 0 Å². The van der Waals surface area contributed by atoms with Crippen LogP contribution in [0.3, 0.4) is 0 Å². The number of benzene rings is 3. The molecule has 39 heavy (non-hydrogen) atoms. The molecule has 202 valence electrons. The van der Waals surface area contributed by atoms with Crippen molar-refractivity contribution in [3.05, 3.63) is 119 Å². The number of amides is 1.